The minimum absolute atomic E-state index is 0.0252. The number of carbonyl (C=O) groups excluding carboxylic acids is 4. The summed E-state index contributed by atoms with van der Waals surface area (Å²) in [5.74, 6) is 6.20. The van der Waals surface area contributed by atoms with Crippen LogP contribution >= 0.6 is 0 Å². The Morgan fingerprint density at radius 1 is 0.829 bits per heavy atom. The molecule has 0 radical (unpaired) electrons. The zero-order valence-electron chi connectivity index (χ0n) is 50.6. The Morgan fingerprint density at radius 2 is 1.52 bits per heavy atom. The molecule has 10 rings (SSSR count). The maximum Gasteiger partial charge on any atom is 0.254 e. The second kappa shape index (κ2) is 22.8. The first-order valence-electron chi connectivity index (χ1n) is 30.0. The van der Waals surface area contributed by atoms with Gasteiger partial charge in [0.1, 0.15) is 18.7 Å². The zero-order valence-corrected chi connectivity index (χ0v) is 50.6. The number of nitrogens with zero attached hydrogens (tertiary/aromatic N) is 4. The van der Waals surface area contributed by atoms with Crippen LogP contribution in [0.3, 0.4) is 0 Å². The molecule has 0 spiro atoms. The van der Waals surface area contributed by atoms with Crippen LogP contribution in [0.1, 0.15) is 180 Å². The molecule has 4 heterocycles. The zero-order chi connectivity index (χ0) is 58.5. The highest BCUT2D eigenvalue weighted by molar-refractivity contribution is 6.02. The first-order valence-corrected chi connectivity index (χ1v) is 30.0. The fourth-order valence-electron chi connectivity index (χ4n) is 13.8. The highest BCUT2D eigenvalue weighted by Gasteiger charge is 2.43. The van der Waals surface area contributed by atoms with Crippen molar-refractivity contribution < 1.29 is 23.9 Å². The Balaban J connectivity index is 0.776. The van der Waals surface area contributed by atoms with Crippen LogP contribution in [0.5, 0.6) is 0 Å². The third-order valence-electron chi connectivity index (χ3n) is 18.5. The fourth-order valence-corrected chi connectivity index (χ4v) is 13.8. The van der Waals surface area contributed by atoms with E-state index in [2.05, 4.69) is 110 Å². The van der Waals surface area contributed by atoms with E-state index in [0.717, 1.165) is 90.8 Å². The third-order valence-corrected chi connectivity index (χ3v) is 18.5. The van der Waals surface area contributed by atoms with Gasteiger partial charge in [0.05, 0.1) is 18.8 Å². The Bertz CT molecular complexity index is 3610. The van der Waals surface area contributed by atoms with Crippen LogP contribution in [0.2, 0.25) is 0 Å². The average Bonchev–Trinajstić information content (AvgIpc) is 1.35. The van der Waals surface area contributed by atoms with Gasteiger partial charge in [0.15, 0.2) is 0 Å². The Labute approximate surface area is 486 Å². The molecular weight excluding hydrogens is 1020 g/mol. The molecular formula is C71H85N6O5+. The highest BCUT2D eigenvalue weighted by Crippen LogP contribution is 2.50. The summed E-state index contributed by atoms with van der Waals surface area (Å²) < 4.78 is 8.83. The first kappa shape index (κ1) is 57.9. The van der Waals surface area contributed by atoms with Crippen LogP contribution in [0, 0.1) is 17.3 Å². The minimum atomic E-state index is -1.22. The van der Waals surface area contributed by atoms with E-state index in [-0.39, 0.29) is 60.6 Å². The van der Waals surface area contributed by atoms with Gasteiger partial charge in [0.2, 0.25) is 17.2 Å². The molecule has 11 nitrogen and oxygen atoms in total. The van der Waals surface area contributed by atoms with Crippen molar-refractivity contribution in [3.8, 4) is 11.8 Å². The number of ether oxygens (including phenoxy) is 1. The molecule has 2 N–H and O–H groups in total. The molecule has 0 aromatic heterocycles. The summed E-state index contributed by atoms with van der Waals surface area (Å²) in [4.78, 5) is 61.8. The predicted octanol–water partition coefficient (Wildman–Crippen LogP) is 9.87. The van der Waals surface area contributed by atoms with Crippen molar-refractivity contribution in [2.24, 2.45) is 5.41 Å². The van der Waals surface area contributed by atoms with Gasteiger partial charge in [-0.05, 0) is 158 Å². The van der Waals surface area contributed by atoms with Crippen LogP contribution < -0.4 is 35.6 Å². The van der Waals surface area contributed by atoms with Gasteiger partial charge in [-0.1, -0.05) is 102 Å². The lowest BCUT2D eigenvalue weighted by molar-refractivity contribution is -0.142. The molecule has 0 bridgehead atoms. The number of fused-ring (bicyclic) bond motifs is 6. The Morgan fingerprint density at radius 3 is 2.29 bits per heavy atom. The van der Waals surface area contributed by atoms with Crippen LogP contribution in [0.25, 0.3) is 5.57 Å². The molecule has 5 aromatic rings. The van der Waals surface area contributed by atoms with Crippen molar-refractivity contribution in [3.63, 3.8) is 0 Å². The monoisotopic (exact) mass is 1100 g/mol. The number of aryl methyl sites for hydroxylation is 1. The summed E-state index contributed by atoms with van der Waals surface area (Å²) in [5.41, 5.74) is 14.4. The molecule has 11 heteroatoms. The lowest BCUT2D eigenvalue weighted by Crippen LogP contribution is -2.50. The summed E-state index contributed by atoms with van der Waals surface area (Å²) in [6, 6.07) is 31.2. The van der Waals surface area contributed by atoms with Crippen molar-refractivity contribution >= 4 is 40.6 Å². The third kappa shape index (κ3) is 11.1. The normalized spacial score (nSPS) is 17.2. The number of carbonyl (C=O) groups is 4. The molecule has 1 aliphatic carbocycles. The summed E-state index contributed by atoms with van der Waals surface area (Å²) in [6.07, 6.45) is 6.28. The molecule has 0 fully saturated rings. The van der Waals surface area contributed by atoms with Crippen molar-refractivity contribution in [3.05, 3.63) is 175 Å². The second-order valence-electron chi connectivity index (χ2n) is 25.9. The highest BCUT2D eigenvalue weighted by atomic mass is 16.5. The average molecular weight is 1100 g/mol. The lowest BCUT2D eigenvalue weighted by Gasteiger charge is -2.48. The molecule has 4 amide bonds. The van der Waals surface area contributed by atoms with Gasteiger partial charge in [-0.25, -0.2) is 4.58 Å². The number of amides is 4. The summed E-state index contributed by atoms with van der Waals surface area (Å²) in [7, 11) is 1.85. The van der Waals surface area contributed by atoms with E-state index in [0.29, 0.717) is 37.5 Å². The molecule has 0 saturated heterocycles. The van der Waals surface area contributed by atoms with Gasteiger partial charge in [-0.3, -0.25) is 19.2 Å². The second-order valence-corrected chi connectivity index (χ2v) is 25.9. The molecule has 0 saturated carbocycles. The van der Waals surface area contributed by atoms with Crippen LogP contribution in [0.15, 0.2) is 103 Å². The maximum atomic E-state index is 15.0. The number of hydrogen-bond acceptors (Lipinski definition) is 6. The van der Waals surface area contributed by atoms with Gasteiger partial charge < -0.3 is 30.1 Å². The quantitative estimate of drug-likeness (QED) is 0.0545. The molecule has 4 aliphatic heterocycles. The number of rotatable bonds is 17. The van der Waals surface area contributed by atoms with Gasteiger partial charge in [-0.15, -0.1) is 0 Å². The number of benzene rings is 5. The smallest absolute Gasteiger partial charge is 0.254 e. The lowest BCUT2D eigenvalue weighted by atomic mass is 9.64. The van der Waals surface area contributed by atoms with E-state index in [4.69, 9.17) is 4.74 Å². The van der Waals surface area contributed by atoms with Crippen LogP contribution in [-0.2, 0) is 43.9 Å². The van der Waals surface area contributed by atoms with Crippen molar-refractivity contribution in [1.82, 2.24) is 20.1 Å². The van der Waals surface area contributed by atoms with E-state index in [9.17, 15) is 19.2 Å². The van der Waals surface area contributed by atoms with Crippen molar-refractivity contribution in [2.75, 3.05) is 62.7 Å². The molecule has 428 valence electrons. The SMILES string of the molecule is C=C(COC(C)(C)C(=O)NCCC(=O)N1Cc2ccccc2C#Cc2ccccc21)C(C)(C)CNC(=O)CCCN(C)C(=O)c1ccccc1C1=c2cc3c4c(c2C(C)(C)c2cc5c(cc21)C(C)CC(C)(C)N5CC)CCC[N+]=4CCC3. The summed E-state index contributed by atoms with van der Waals surface area (Å²) >= 11 is 0. The summed E-state index contributed by atoms with van der Waals surface area (Å²) in [6.45, 7) is 30.5. The van der Waals surface area contributed by atoms with E-state index in [1.54, 1.807) is 23.6 Å². The van der Waals surface area contributed by atoms with Gasteiger partial charge in [0, 0.05) is 109 Å². The Kier molecular flexibility index (Phi) is 16.1. The van der Waals surface area contributed by atoms with E-state index in [1.165, 1.54) is 49.6 Å². The number of hydrogen-bond donors (Lipinski definition) is 2. The number of nitrogens with one attached hydrogen (secondary N) is 2. The largest absolute Gasteiger partial charge is 0.366 e. The maximum absolute atomic E-state index is 15.0. The minimum Gasteiger partial charge on any atom is -0.366 e. The number of anilines is 2. The standard InChI is InChI=1S/C71H84N6O5/c1-13-77-60-41-58-56(40-55(60)46(2)42-69(77,6)7)63(57-39-50-26-20-37-75-38-21-29-54(65(50)75)64(57)70(58,8)9)52-27-17-18-28-53(52)66(80)74(12)36-22-31-61(78)73-45-68(4,5)47(3)44-82-71(10,11)67(81)72-35-34-62(79)76-43-51-25-15-14-23-48(51)32-33-49-24-16-19-30-59(49)76/h14-19,23-25,27-28,30,39-41,46H,3,13,20-22,26,29,31,34-38,42-45H2,1-2,4-12H3,(H-,72,73,78,81)/p+1. The van der Waals surface area contributed by atoms with E-state index in [1.807, 2.05) is 81.6 Å². The number of para-hydroxylation sites is 1. The summed E-state index contributed by atoms with van der Waals surface area (Å²) in [5, 5.41) is 8.75. The molecule has 5 aromatic carbocycles. The fraction of sp³-hybridized carbons (Fsp3) is 0.451. The van der Waals surface area contributed by atoms with E-state index < -0.39 is 11.0 Å². The first-order chi connectivity index (χ1) is 39.0. The molecule has 82 heavy (non-hydrogen) atoms. The van der Waals surface area contributed by atoms with Gasteiger partial charge in [-0.2, -0.15) is 0 Å². The topological polar surface area (TPSA) is 114 Å². The Hall–Kier alpha value is -7.29. The van der Waals surface area contributed by atoms with E-state index >= 15 is 0 Å². The molecule has 1 atom stereocenters. The van der Waals surface area contributed by atoms with Gasteiger partial charge >= 0.3 is 0 Å². The molecule has 1 unspecified atom stereocenters. The van der Waals surface area contributed by atoms with Gasteiger partial charge in [0.25, 0.3) is 11.8 Å². The van der Waals surface area contributed by atoms with Crippen molar-refractivity contribution in [2.45, 2.75) is 150 Å². The predicted molar refractivity (Wildman–Crippen MR) is 330 cm³/mol. The van der Waals surface area contributed by atoms with Crippen molar-refractivity contribution in [1.29, 1.82) is 0 Å². The van der Waals surface area contributed by atoms with Crippen LogP contribution in [0.4, 0.5) is 11.4 Å². The van der Waals surface area contributed by atoms with Crippen LogP contribution in [-0.4, -0.2) is 92.6 Å². The molecule has 5 aliphatic rings.